The third-order valence-electron chi connectivity index (χ3n) is 3.49. The Hall–Kier alpha value is -0.540. The zero-order valence-corrected chi connectivity index (χ0v) is 11.6. The van der Waals surface area contributed by atoms with Crippen molar-refractivity contribution in [2.75, 3.05) is 5.32 Å². The van der Waals surface area contributed by atoms with Crippen molar-refractivity contribution >= 4 is 28.9 Å². The minimum atomic E-state index is 0.369. The standard InChI is InChI=1S/C12H17Cl2N3/c1-7-3-4-9(8(2)5-7)15-10-6-11(13)16-17-12(10)14/h6-9H,3-5H2,1-2H3,(H,15,16). The lowest BCUT2D eigenvalue weighted by molar-refractivity contribution is 0.276. The van der Waals surface area contributed by atoms with Crippen molar-refractivity contribution in [1.82, 2.24) is 10.2 Å². The Balaban J connectivity index is 2.07. The molecule has 0 bridgehead atoms. The van der Waals surface area contributed by atoms with Gasteiger partial charge >= 0.3 is 0 Å². The van der Waals surface area contributed by atoms with Crippen LogP contribution in [0, 0.1) is 11.8 Å². The molecule has 5 heteroatoms. The molecule has 3 unspecified atom stereocenters. The minimum Gasteiger partial charge on any atom is -0.379 e. The Morgan fingerprint density at radius 1 is 1.24 bits per heavy atom. The van der Waals surface area contributed by atoms with E-state index >= 15 is 0 Å². The molecule has 94 valence electrons. The van der Waals surface area contributed by atoms with E-state index in [2.05, 4.69) is 29.4 Å². The van der Waals surface area contributed by atoms with Crippen molar-refractivity contribution in [3.05, 3.63) is 16.4 Å². The first kappa shape index (κ1) is 12.9. The third-order valence-corrected chi connectivity index (χ3v) is 3.96. The Morgan fingerprint density at radius 2 is 2.00 bits per heavy atom. The zero-order chi connectivity index (χ0) is 12.4. The van der Waals surface area contributed by atoms with Gasteiger partial charge in [-0.2, -0.15) is 0 Å². The van der Waals surface area contributed by atoms with E-state index in [1.165, 1.54) is 19.3 Å². The molecule has 1 aliphatic rings. The number of nitrogens with one attached hydrogen (secondary N) is 1. The van der Waals surface area contributed by atoms with E-state index in [0.717, 1.165) is 11.6 Å². The summed E-state index contributed by atoms with van der Waals surface area (Å²) in [7, 11) is 0. The summed E-state index contributed by atoms with van der Waals surface area (Å²) in [5, 5.41) is 11.7. The normalized spacial score (nSPS) is 29.1. The molecule has 17 heavy (non-hydrogen) atoms. The van der Waals surface area contributed by atoms with Crippen LogP contribution in [0.5, 0.6) is 0 Å². The van der Waals surface area contributed by atoms with E-state index in [-0.39, 0.29) is 0 Å². The Labute approximate surface area is 112 Å². The first-order valence-electron chi connectivity index (χ1n) is 6.01. The van der Waals surface area contributed by atoms with E-state index in [9.17, 15) is 0 Å². The van der Waals surface area contributed by atoms with E-state index in [1.807, 2.05) is 0 Å². The first-order valence-corrected chi connectivity index (χ1v) is 6.77. The largest absolute Gasteiger partial charge is 0.379 e. The number of rotatable bonds is 2. The maximum Gasteiger partial charge on any atom is 0.174 e. The van der Waals surface area contributed by atoms with Gasteiger partial charge in [0, 0.05) is 12.1 Å². The molecule has 0 amide bonds. The number of hydrogen-bond donors (Lipinski definition) is 1. The van der Waals surface area contributed by atoms with Crippen LogP contribution < -0.4 is 5.32 Å². The van der Waals surface area contributed by atoms with Crippen LogP contribution in [0.15, 0.2) is 6.07 Å². The molecule has 3 nitrogen and oxygen atoms in total. The lowest BCUT2D eigenvalue weighted by Gasteiger charge is -2.33. The van der Waals surface area contributed by atoms with Crippen molar-refractivity contribution in [3.63, 3.8) is 0 Å². The predicted octanol–water partition coefficient (Wildman–Crippen LogP) is 4.02. The van der Waals surface area contributed by atoms with Crippen LogP contribution in [0.4, 0.5) is 5.69 Å². The molecule has 1 fully saturated rings. The van der Waals surface area contributed by atoms with Crippen molar-refractivity contribution in [1.29, 1.82) is 0 Å². The van der Waals surface area contributed by atoms with Crippen LogP contribution in [-0.4, -0.2) is 16.2 Å². The minimum absolute atomic E-state index is 0.369. The predicted molar refractivity (Wildman–Crippen MR) is 71.6 cm³/mol. The monoisotopic (exact) mass is 273 g/mol. The third kappa shape index (κ3) is 3.23. The van der Waals surface area contributed by atoms with Gasteiger partial charge in [0.05, 0.1) is 5.69 Å². The van der Waals surface area contributed by atoms with Gasteiger partial charge in [-0.1, -0.05) is 37.0 Å². The molecule has 3 atom stereocenters. The Kier molecular flexibility index (Phi) is 4.10. The molecule has 1 aromatic rings. The number of hydrogen-bond acceptors (Lipinski definition) is 3. The molecular formula is C12H17Cl2N3. The zero-order valence-electron chi connectivity index (χ0n) is 10.1. The van der Waals surface area contributed by atoms with E-state index in [1.54, 1.807) is 6.07 Å². The highest BCUT2D eigenvalue weighted by molar-refractivity contribution is 6.33. The molecule has 0 spiro atoms. The van der Waals surface area contributed by atoms with Gasteiger partial charge < -0.3 is 5.32 Å². The highest BCUT2D eigenvalue weighted by Crippen LogP contribution is 2.32. The topological polar surface area (TPSA) is 37.8 Å². The van der Waals surface area contributed by atoms with Crippen LogP contribution in [0.1, 0.15) is 33.1 Å². The fraction of sp³-hybridized carbons (Fsp3) is 0.667. The molecule has 0 radical (unpaired) electrons. The molecule has 0 aliphatic heterocycles. The van der Waals surface area contributed by atoms with Gasteiger partial charge in [0.2, 0.25) is 0 Å². The van der Waals surface area contributed by atoms with Crippen molar-refractivity contribution in [2.45, 2.75) is 39.2 Å². The highest BCUT2D eigenvalue weighted by atomic mass is 35.5. The maximum absolute atomic E-state index is 6.00. The van der Waals surface area contributed by atoms with Gasteiger partial charge in [-0.15, -0.1) is 10.2 Å². The Bertz CT molecular complexity index is 397. The quantitative estimate of drug-likeness (QED) is 0.885. The van der Waals surface area contributed by atoms with Crippen molar-refractivity contribution < 1.29 is 0 Å². The van der Waals surface area contributed by atoms with Crippen molar-refractivity contribution in [3.8, 4) is 0 Å². The Morgan fingerprint density at radius 3 is 2.71 bits per heavy atom. The SMILES string of the molecule is CC1CCC(Nc2cc(Cl)nnc2Cl)C(C)C1. The van der Waals surface area contributed by atoms with Crippen LogP contribution in [-0.2, 0) is 0 Å². The molecule has 0 aromatic carbocycles. The second kappa shape index (κ2) is 5.40. The van der Waals surface area contributed by atoms with Gasteiger partial charge in [0.15, 0.2) is 10.3 Å². The van der Waals surface area contributed by atoms with E-state index in [4.69, 9.17) is 23.2 Å². The van der Waals surface area contributed by atoms with Gasteiger partial charge in [-0.25, -0.2) is 0 Å². The molecule has 1 aromatic heterocycles. The summed E-state index contributed by atoms with van der Waals surface area (Å²) < 4.78 is 0. The lowest BCUT2D eigenvalue weighted by Crippen LogP contribution is -2.33. The average molecular weight is 274 g/mol. The molecular weight excluding hydrogens is 257 g/mol. The summed E-state index contributed by atoms with van der Waals surface area (Å²) in [4.78, 5) is 0. The summed E-state index contributed by atoms with van der Waals surface area (Å²) in [5.41, 5.74) is 0.790. The summed E-state index contributed by atoms with van der Waals surface area (Å²) in [5.74, 6) is 1.46. The van der Waals surface area contributed by atoms with Crippen LogP contribution in [0.25, 0.3) is 0 Å². The smallest absolute Gasteiger partial charge is 0.174 e. The fourth-order valence-electron chi connectivity index (χ4n) is 2.53. The number of nitrogens with zero attached hydrogens (tertiary/aromatic N) is 2. The molecule has 2 rings (SSSR count). The van der Waals surface area contributed by atoms with Crippen LogP contribution >= 0.6 is 23.2 Å². The van der Waals surface area contributed by atoms with Gasteiger partial charge in [-0.05, 0) is 31.1 Å². The highest BCUT2D eigenvalue weighted by Gasteiger charge is 2.25. The van der Waals surface area contributed by atoms with E-state index in [0.29, 0.717) is 22.3 Å². The summed E-state index contributed by atoms with van der Waals surface area (Å²) in [6, 6.07) is 2.19. The second-order valence-electron chi connectivity index (χ2n) is 5.02. The number of halogens is 2. The number of aromatic nitrogens is 2. The first-order chi connectivity index (χ1) is 8.06. The molecule has 1 saturated carbocycles. The van der Waals surface area contributed by atoms with Gasteiger partial charge in [0.25, 0.3) is 0 Å². The summed E-state index contributed by atoms with van der Waals surface area (Å²) >= 11 is 11.8. The maximum atomic E-state index is 6.00. The average Bonchev–Trinajstić information content (AvgIpc) is 2.27. The summed E-state index contributed by atoms with van der Waals surface area (Å²) in [6.07, 6.45) is 3.67. The molecule has 1 aliphatic carbocycles. The summed E-state index contributed by atoms with van der Waals surface area (Å²) in [6.45, 7) is 4.59. The van der Waals surface area contributed by atoms with E-state index < -0.39 is 0 Å². The molecule has 0 saturated heterocycles. The van der Waals surface area contributed by atoms with Crippen LogP contribution in [0.2, 0.25) is 10.3 Å². The van der Waals surface area contributed by atoms with Crippen molar-refractivity contribution in [2.24, 2.45) is 11.8 Å². The van der Waals surface area contributed by atoms with Gasteiger partial charge in [0.1, 0.15) is 0 Å². The van der Waals surface area contributed by atoms with Gasteiger partial charge in [-0.3, -0.25) is 0 Å². The molecule has 1 heterocycles. The van der Waals surface area contributed by atoms with Crippen LogP contribution in [0.3, 0.4) is 0 Å². The molecule has 1 N–H and O–H groups in total. The fourth-order valence-corrected chi connectivity index (χ4v) is 2.83. The second-order valence-corrected chi connectivity index (χ2v) is 5.76. The lowest BCUT2D eigenvalue weighted by atomic mass is 9.80. The number of anilines is 1.